The van der Waals surface area contributed by atoms with Crippen LogP contribution in [0.2, 0.25) is 0 Å². The average molecular weight is 383 g/mol. The highest BCUT2D eigenvalue weighted by atomic mass is 19.2. The summed E-state index contributed by atoms with van der Waals surface area (Å²) >= 11 is 0. The number of rotatable bonds is 3. The van der Waals surface area contributed by atoms with Crippen LogP contribution in [-0.4, -0.2) is 21.2 Å². The molecule has 0 fully saturated rings. The summed E-state index contributed by atoms with van der Waals surface area (Å²) in [5, 5.41) is 25.5. The molecule has 0 amide bonds. The van der Waals surface area contributed by atoms with Crippen LogP contribution in [0.3, 0.4) is 0 Å². The van der Waals surface area contributed by atoms with Gasteiger partial charge in [-0.25, -0.2) is 31.7 Å². The number of para-hydroxylation sites is 1. The number of aromatic nitrogens is 1. The first-order chi connectivity index (χ1) is 12.7. The number of carbonyl (C=O) groups is 1. The van der Waals surface area contributed by atoms with E-state index in [2.05, 4.69) is 15.2 Å². The van der Waals surface area contributed by atoms with Gasteiger partial charge < -0.3 is 10.2 Å². The third-order valence-corrected chi connectivity index (χ3v) is 3.48. The Balaban J connectivity index is 2.25. The summed E-state index contributed by atoms with van der Waals surface area (Å²) in [6.07, 6.45) is 0. The van der Waals surface area contributed by atoms with Crippen molar-refractivity contribution < 1.29 is 37.0 Å². The van der Waals surface area contributed by atoms with E-state index in [4.69, 9.17) is 0 Å². The molecule has 1 heterocycles. The highest BCUT2D eigenvalue weighted by Gasteiger charge is 2.26. The molecule has 2 N–H and O–H groups in total. The van der Waals surface area contributed by atoms with Gasteiger partial charge >= 0.3 is 5.97 Å². The zero-order chi connectivity index (χ0) is 19.9. The van der Waals surface area contributed by atoms with Crippen LogP contribution in [0.15, 0.2) is 34.5 Å². The Morgan fingerprint density at radius 2 is 1.37 bits per heavy atom. The van der Waals surface area contributed by atoms with Gasteiger partial charge in [-0.3, -0.25) is 0 Å². The van der Waals surface area contributed by atoms with E-state index in [1.807, 2.05) is 0 Å². The summed E-state index contributed by atoms with van der Waals surface area (Å²) in [6, 6.07) is 5.72. The van der Waals surface area contributed by atoms with E-state index in [1.165, 1.54) is 24.3 Å². The maximum atomic E-state index is 13.6. The summed E-state index contributed by atoms with van der Waals surface area (Å²) in [5.41, 5.74) is -3.22. The van der Waals surface area contributed by atoms with Crippen molar-refractivity contribution in [1.82, 2.24) is 4.98 Å². The number of pyridine rings is 1. The standard InChI is InChI=1S/C16H6F5N3O3/c17-7-8(18)10(20)12(11(21)9(7)19)23-24-13-14(16(26)27)22-6-4-2-1-3-5(6)15(13)25/h1-4H,(H,22,25)(H,26,27)/b24-23+. The van der Waals surface area contributed by atoms with E-state index in [-0.39, 0.29) is 10.9 Å². The lowest BCUT2D eigenvalue weighted by molar-refractivity contribution is 0.0691. The number of benzene rings is 2. The second kappa shape index (κ2) is 6.59. The fourth-order valence-corrected chi connectivity index (χ4v) is 2.21. The molecule has 0 saturated heterocycles. The van der Waals surface area contributed by atoms with Crippen LogP contribution in [0, 0.1) is 29.1 Å². The van der Waals surface area contributed by atoms with Gasteiger partial charge in [0.1, 0.15) is 0 Å². The van der Waals surface area contributed by atoms with Crippen molar-refractivity contribution >= 4 is 28.2 Å². The molecule has 0 aliphatic carbocycles. The first kappa shape index (κ1) is 18.2. The van der Waals surface area contributed by atoms with Gasteiger partial charge in [-0.15, -0.1) is 10.2 Å². The number of nitrogens with zero attached hydrogens (tertiary/aromatic N) is 3. The van der Waals surface area contributed by atoms with Crippen LogP contribution in [0.5, 0.6) is 5.75 Å². The van der Waals surface area contributed by atoms with Crippen LogP contribution >= 0.6 is 0 Å². The molecule has 1 aromatic heterocycles. The van der Waals surface area contributed by atoms with Gasteiger partial charge in [-0.1, -0.05) is 12.1 Å². The molecule has 0 aliphatic rings. The average Bonchev–Trinajstić information content (AvgIpc) is 2.66. The Hall–Kier alpha value is -3.63. The lowest BCUT2D eigenvalue weighted by Gasteiger charge is -2.07. The van der Waals surface area contributed by atoms with Gasteiger partial charge in [0.2, 0.25) is 5.82 Å². The molecule has 0 radical (unpaired) electrons. The Morgan fingerprint density at radius 3 is 1.96 bits per heavy atom. The molecule has 3 rings (SSSR count). The van der Waals surface area contributed by atoms with Crippen molar-refractivity contribution in [3.8, 4) is 5.75 Å². The number of halogens is 5. The number of aromatic hydroxyl groups is 1. The SMILES string of the molecule is O=C(O)c1nc2ccccc2c(O)c1/N=N/c1c(F)c(F)c(F)c(F)c1F. The number of carboxylic acid groups (broad SMARTS) is 1. The van der Waals surface area contributed by atoms with E-state index in [9.17, 15) is 37.0 Å². The number of azo groups is 1. The van der Waals surface area contributed by atoms with Gasteiger partial charge in [0.15, 0.2) is 46.1 Å². The van der Waals surface area contributed by atoms with Gasteiger partial charge in [0.25, 0.3) is 0 Å². The van der Waals surface area contributed by atoms with E-state index < -0.39 is 57.9 Å². The third kappa shape index (κ3) is 2.92. The molecule has 3 aromatic rings. The number of fused-ring (bicyclic) bond motifs is 1. The highest BCUT2D eigenvalue weighted by molar-refractivity contribution is 6.00. The molecular formula is C16H6F5N3O3. The molecule has 27 heavy (non-hydrogen) atoms. The van der Waals surface area contributed by atoms with E-state index in [1.54, 1.807) is 0 Å². The van der Waals surface area contributed by atoms with E-state index >= 15 is 0 Å². The molecule has 11 heteroatoms. The van der Waals surface area contributed by atoms with Crippen molar-refractivity contribution in [2.45, 2.75) is 0 Å². The Morgan fingerprint density at radius 1 is 0.852 bits per heavy atom. The van der Waals surface area contributed by atoms with Crippen LogP contribution in [-0.2, 0) is 0 Å². The van der Waals surface area contributed by atoms with Crippen molar-refractivity contribution in [1.29, 1.82) is 0 Å². The van der Waals surface area contributed by atoms with Crippen LogP contribution in [0.25, 0.3) is 10.9 Å². The quantitative estimate of drug-likeness (QED) is 0.295. The predicted octanol–water partition coefficient (Wildman–Crippen LogP) is 4.75. The number of aromatic carboxylic acids is 1. The molecule has 0 atom stereocenters. The van der Waals surface area contributed by atoms with Crippen LogP contribution in [0.1, 0.15) is 10.5 Å². The zero-order valence-electron chi connectivity index (χ0n) is 12.8. The van der Waals surface area contributed by atoms with Gasteiger partial charge in [0, 0.05) is 5.39 Å². The number of hydrogen-bond acceptors (Lipinski definition) is 5. The number of carboxylic acids is 1. The molecule has 0 saturated carbocycles. The second-order valence-corrected chi connectivity index (χ2v) is 5.10. The minimum Gasteiger partial charge on any atom is -0.505 e. The molecule has 2 aromatic carbocycles. The van der Waals surface area contributed by atoms with Crippen molar-refractivity contribution in [2.75, 3.05) is 0 Å². The second-order valence-electron chi connectivity index (χ2n) is 5.10. The highest BCUT2D eigenvalue weighted by Crippen LogP contribution is 2.38. The normalized spacial score (nSPS) is 11.4. The maximum Gasteiger partial charge on any atom is 0.357 e. The minimum atomic E-state index is -2.38. The van der Waals surface area contributed by atoms with Crippen molar-refractivity contribution in [3.63, 3.8) is 0 Å². The van der Waals surface area contributed by atoms with Crippen LogP contribution in [0.4, 0.5) is 33.3 Å². The maximum absolute atomic E-state index is 13.6. The van der Waals surface area contributed by atoms with Crippen molar-refractivity contribution in [2.24, 2.45) is 10.2 Å². The summed E-state index contributed by atoms with van der Waals surface area (Å²) in [6.45, 7) is 0. The van der Waals surface area contributed by atoms with Gasteiger partial charge in [0.05, 0.1) is 5.52 Å². The Bertz CT molecular complexity index is 1110. The summed E-state index contributed by atoms with van der Waals surface area (Å²) < 4.78 is 66.7. The summed E-state index contributed by atoms with van der Waals surface area (Å²) in [5.74, 6) is -13.8. The number of hydrogen-bond donors (Lipinski definition) is 2. The monoisotopic (exact) mass is 383 g/mol. The molecule has 0 aliphatic heterocycles. The predicted molar refractivity (Wildman–Crippen MR) is 80.8 cm³/mol. The molecule has 0 unspecified atom stereocenters. The molecule has 138 valence electrons. The van der Waals surface area contributed by atoms with E-state index in [0.29, 0.717) is 0 Å². The van der Waals surface area contributed by atoms with Crippen LogP contribution < -0.4 is 0 Å². The third-order valence-electron chi connectivity index (χ3n) is 3.48. The summed E-state index contributed by atoms with van der Waals surface area (Å²) in [4.78, 5) is 15.1. The Kier molecular flexibility index (Phi) is 4.44. The smallest absolute Gasteiger partial charge is 0.357 e. The summed E-state index contributed by atoms with van der Waals surface area (Å²) in [7, 11) is 0. The lowest BCUT2D eigenvalue weighted by atomic mass is 10.1. The van der Waals surface area contributed by atoms with Crippen molar-refractivity contribution in [3.05, 3.63) is 59.0 Å². The lowest BCUT2D eigenvalue weighted by Crippen LogP contribution is -2.02. The zero-order valence-corrected chi connectivity index (χ0v) is 12.8. The topological polar surface area (TPSA) is 95.1 Å². The van der Waals surface area contributed by atoms with Gasteiger partial charge in [-0.05, 0) is 12.1 Å². The first-order valence-electron chi connectivity index (χ1n) is 7.02. The molecular weight excluding hydrogens is 377 g/mol. The fourth-order valence-electron chi connectivity index (χ4n) is 2.21. The first-order valence-corrected chi connectivity index (χ1v) is 7.02. The largest absolute Gasteiger partial charge is 0.505 e. The Labute approximate surface area is 146 Å². The van der Waals surface area contributed by atoms with E-state index in [0.717, 1.165) is 0 Å². The molecule has 6 nitrogen and oxygen atoms in total. The minimum absolute atomic E-state index is 0.0360. The van der Waals surface area contributed by atoms with Gasteiger partial charge in [-0.2, -0.15) is 0 Å². The fraction of sp³-hybridized carbons (Fsp3) is 0. The molecule has 0 bridgehead atoms. The molecule has 0 spiro atoms.